The summed E-state index contributed by atoms with van der Waals surface area (Å²) in [7, 11) is -0.807. The van der Waals surface area contributed by atoms with E-state index in [1.165, 1.54) is 4.88 Å². The van der Waals surface area contributed by atoms with Crippen molar-refractivity contribution in [2.45, 2.75) is 38.5 Å². The Kier molecular flexibility index (Phi) is 5.17. The third-order valence-corrected chi connectivity index (χ3v) is 5.12. The molecule has 1 aromatic heterocycles. The van der Waals surface area contributed by atoms with Crippen molar-refractivity contribution >= 4 is 27.8 Å². The molecule has 2 rings (SSSR count). The average molecular weight is 322 g/mol. The van der Waals surface area contributed by atoms with Gasteiger partial charge in [0, 0.05) is 45.0 Å². The number of hydrogen-bond donors (Lipinski definition) is 1. The number of anilines is 1. The van der Waals surface area contributed by atoms with Gasteiger partial charge in [-0.3, -0.25) is 4.21 Å². The Balaban J connectivity index is 2.00. The molecule has 0 aliphatic rings. The third kappa shape index (κ3) is 4.93. The Hall–Kier alpha value is -1.20. The van der Waals surface area contributed by atoms with Gasteiger partial charge < -0.3 is 5.32 Å². The van der Waals surface area contributed by atoms with Crippen LogP contribution in [0.1, 0.15) is 36.2 Å². The Labute approximate surface area is 133 Å². The van der Waals surface area contributed by atoms with E-state index in [9.17, 15) is 4.21 Å². The molecule has 1 unspecified atom stereocenters. The van der Waals surface area contributed by atoms with E-state index in [1.54, 1.807) is 17.6 Å². The molecule has 0 radical (unpaired) electrons. The van der Waals surface area contributed by atoms with Crippen LogP contribution in [0, 0.1) is 0 Å². The fraction of sp³-hybridized carbons (Fsp3) is 0.438. The van der Waals surface area contributed by atoms with Gasteiger partial charge in [-0.25, -0.2) is 4.98 Å². The third-order valence-electron chi connectivity index (χ3n) is 2.96. The summed E-state index contributed by atoms with van der Waals surface area (Å²) in [6.07, 6.45) is 3.68. The number of rotatable bonds is 5. The molecule has 0 bridgehead atoms. The molecule has 0 fully saturated rings. The van der Waals surface area contributed by atoms with Gasteiger partial charge in [-0.1, -0.05) is 32.9 Å². The number of aromatic nitrogens is 1. The van der Waals surface area contributed by atoms with Crippen LogP contribution in [-0.2, 0) is 28.5 Å². The standard InChI is InChI=1S/C16H22N2OS2/c1-16(2,3)15-18-10-14(20-15)9-17-13-7-5-6-12(8-13)11-21(4)19/h5-8,10,17H,9,11H2,1-4H3. The number of hydrogen-bond acceptors (Lipinski definition) is 4. The van der Waals surface area contributed by atoms with Crippen LogP contribution in [0.2, 0.25) is 0 Å². The van der Waals surface area contributed by atoms with E-state index in [4.69, 9.17) is 0 Å². The van der Waals surface area contributed by atoms with Crippen LogP contribution in [0.4, 0.5) is 5.69 Å². The Morgan fingerprint density at radius 2 is 2.10 bits per heavy atom. The van der Waals surface area contributed by atoms with Crippen molar-refractivity contribution in [1.29, 1.82) is 0 Å². The average Bonchev–Trinajstić information content (AvgIpc) is 2.84. The lowest BCUT2D eigenvalue weighted by atomic mass is 9.98. The highest BCUT2D eigenvalue weighted by atomic mass is 32.2. The molecular formula is C16H22N2OS2. The molecule has 2 aromatic rings. The van der Waals surface area contributed by atoms with Crippen LogP contribution in [0.25, 0.3) is 0 Å². The van der Waals surface area contributed by atoms with Gasteiger partial charge in [-0.05, 0) is 17.7 Å². The van der Waals surface area contributed by atoms with E-state index in [0.717, 1.165) is 22.8 Å². The topological polar surface area (TPSA) is 42.0 Å². The minimum absolute atomic E-state index is 0.105. The van der Waals surface area contributed by atoms with Crippen LogP contribution in [0.15, 0.2) is 30.5 Å². The second kappa shape index (κ2) is 6.71. The minimum atomic E-state index is -0.807. The lowest BCUT2D eigenvalue weighted by Crippen LogP contribution is -2.09. The zero-order valence-corrected chi connectivity index (χ0v) is 14.6. The van der Waals surface area contributed by atoms with Crippen molar-refractivity contribution in [3.05, 3.63) is 45.9 Å². The van der Waals surface area contributed by atoms with Crippen LogP contribution in [0.5, 0.6) is 0 Å². The fourth-order valence-corrected chi connectivity index (χ4v) is 3.49. The lowest BCUT2D eigenvalue weighted by Gasteiger charge is -2.13. The molecule has 0 amide bonds. The molecule has 0 aliphatic carbocycles. The van der Waals surface area contributed by atoms with Gasteiger partial charge in [0.1, 0.15) is 0 Å². The summed E-state index contributed by atoms with van der Waals surface area (Å²) in [5.41, 5.74) is 2.26. The monoisotopic (exact) mass is 322 g/mol. The smallest absolute Gasteiger partial charge is 0.0981 e. The first-order valence-corrected chi connectivity index (χ1v) is 9.47. The van der Waals surface area contributed by atoms with Crippen LogP contribution < -0.4 is 5.32 Å². The summed E-state index contributed by atoms with van der Waals surface area (Å²) in [5.74, 6) is 0.601. The fourth-order valence-electron chi connectivity index (χ4n) is 1.93. The number of nitrogens with one attached hydrogen (secondary N) is 1. The summed E-state index contributed by atoms with van der Waals surface area (Å²) in [6.45, 7) is 7.30. The Bertz CT molecular complexity index is 629. The van der Waals surface area contributed by atoms with E-state index in [-0.39, 0.29) is 5.41 Å². The summed E-state index contributed by atoms with van der Waals surface area (Å²) in [4.78, 5) is 5.72. The predicted molar refractivity (Wildman–Crippen MR) is 92.4 cm³/mol. The van der Waals surface area contributed by atoms with E-state index in [1.807, 2.05) is 24.4 Å². The maximum atomic E-state index is 11.3. The van der Waals surface area contributed by atoms with Gasteiger partial charge in [-0.2, -0.15) is 0 Å². The minimum Gasteiger partial charge on any atom is -0.380 e. The van der Waals surface area contributed by atoms with Crippen molar-refractivity contribution in [3.63, 3.8) is 0 Å². The molecule has 1 atom stereocenters. The Morgan fingerprint density at radius 1 is 1.33 bits per heavy atom. The van der Waals surface area contributed by atoms with Crippen LogP contribution in [-0.4, -0.2) is 15.4 Å². The SMILES string of the molecule is CS(=O)Cc1cccc(NCc2cnc(C(C)(C)C)s2)c1. The van der Waals surface area contributed by atoms with Gasteiger partial charge in [-0.15, -0.1) is 11.3 Å². The molecule has 114 valence electrons. The number of thiazole rings is 1. The molecule has 0 saturated carbocycles. The van der Waals surface area contributed by atoms with Crippen LogP contribution >= 0.6 is 11.3 Å². The van der Waals surface area contributed by atoms with E-state index in [2.05, 4.69) is 37.1 Å². The molecule has 21 heavy (non-hydrogen) atoms. The Morgan fingerprint density at radius 3 is 2.71 bits per heavy atom. The molecular weight excluding hydrogens is 300 g/mol. The molecule has 5 heteroatoms. The number of nitrogens with zero attached hydrogens (tertiary/aromatic N) is 1. The zero-order chi connectivity index (χ0) is 15.5. The second-order valence-electron chi connectivity index (χ2n) is 6.15. The molecule has 1 heterocycles. The number of benzene rings is 1. The maximum Gasteiger partial charge on any atom is 0.0981 e. The zero-order valence-electron chi connectivity index (χ0n) is 13.0. The van der Waals surface area contributed by atoms with Crippen molar-refractivity contribution in [1.82, 2.24) is 4.98 Å². The van der Waals surface area contributed by atoms with Crippen molar-refractivity contribution in [2.24, 2.45) is 0 Å². The first-order valence-electron chi connectivity index (χ1n) is 6.92. The summed E-state index contributed by atoms with van der Waals surface area (Å²) in [5, 5.41) is 4.57. The van der Waals surface area contributed by atoms with Gasteiger partial charge >= 0.3 is 0 Å². The highest BCUT2D eigenvalue weighted by Gasteiger charge is 2.17. The first kappa shape index (κ1) is 16.2. The van der Waals surface area contributed by atoms with Crippen molar-refractivity contribution < 1.29 is 4.21 Å². The van der Waals surface area contributed by atoms with Crippen molar-refractivity contribution in [3.8, 4) is 0 Å². The predicted octanol–water partition coefficient (Wildman–Crippen LogP) is 3.93. The van der Waals surface area contributed by atoms with Crippen molar-refractivity contribution in [2.75, 3.05) is 11.6 Å². The lowest BCUT2D eigenvalue weighted by molar-refractivity contribution is 0.585. The molecule has 0 saturated heterocycles. The van der Waals surface area contributed by atoms with Crippen LogP contribution in [0.3, 0.4) is 0 Å². The summed E-state index contributed by atoms with van der Waals surface area (Å²) in [6, 6.07) is 8.11. The van der Waals surface area contributed by atoms with Gasteiger partial charge in [0.2, 0.25) is 0 Å². The highest BCUT2D eigenvalue weighted by Crippen LogP contribution is 2.27. The first-order chi connectivity index (χ1) is 9.84. The molecule has 1 N–H and O–H groups in total. The summed E-state index contributed by atoms with van der Waals surface area (Å²) < 4.78 is 11.3. The molecule has 1 aromatic carbocycles. The van der Waals surface area contributed by atoms with E-state index in [0.29, 0.717) is 5.75 Å². The van der Waals surface area contributed by atoms with Gasteiger partial charge in [0.25, 0.3) is 0 Å². The van der Waals surface area contributed by atoms with Gasteiger partial charge in [0.15, 0.2) is 0 Å². The molecule has 0 spiro atoms. The quantitative estimate of drug-likeness (QED) is 0.907. The van der Waals surface area contributed by atoms with Gasteiger partial charge in [0.05, 0.1) is 11.6 Å². The maximum absolute atomic E-state index is 11.3. The second-order valence-corrected chi connectivity index (χ2v) is 8.70. The van der Waals surface area contributed by atoms with E-state index < -0.39 is 10.8 Å². The van der Waals surface area contributed by atoms with E-state index >= 15 is 0 Å². The molecule has 3 nitrogen and oxygen atoms in total. The normalized spacial score (nSPS) is 13.1. The highest BCUT2D eigenvalue weighted by molar-refractivity contribution is 7.83. The molecule has 0 aliphatic heterocycles. The summed E-state index contributed by atoms with van der Waals surface area (Å²) >= 11 is 1.75. The largest absolute Gasteiger partial charge is 0.380 e.